The van der Waals surface area contributed by atoms with Gasteiger partial charge in [-0.05, 0) is 24.1 Å². The van der Waals surface area contributed by atoms with Gasteiger partial charge in [0.1, 0.15) is 5.82 Å². The van der Waals surface area contributed by atoms with Gasteiger partial charge in [-0.3, -0.25) is 13.9 Å². The number of hydrogen-bond donors (Lipinski definition) is 1. The average molecular weight is 407 g/mol. The second-order valence-electron chi connectivity index (χ2n) is 5.95. The van der Waals surface area contributed by atoms with Gasteiger partial charge in [0, 0.05) is 38.1 Å². The summed E-state index contributed by atoms with van der Waals surface area (Å²) in [5.74, 6) is 0.683. The van der Waals surface area contributed by atoms with Crippen molar-refractivity contribution >= 4 is 27.1 Å². The lowest BCUT2D eigenvalue weighted by molar-refractivity contribution is 0.287. The molecule has 0 fully saturated rings. The van der Waals surface area contributed by atoms with Crippen LogP contribution in [0.3, 0.4) is 0 Å². The number of halogens is 1. The normalized spacial score (nSPS) is 11.4. The number of fused-ring (bicyclic) bond motifs is 1. The summed E-state index contributed by atoms with van der Waals surface area (Å²) in [5.41, 5.74) is 1.01. The molecule has 0 aliphatic heterocycles. The molecule has 2 heterocycles. The first kappa shape index (κ1) is 17.6. The Bertz CT molecular complexity index is 1050. The van der Waals surface area contributed by atoms with Crippen molar-refractivity contribution in [3.05, 3.63) is 61.0 Å². The van der Waals surface area contributed by atoms with E-state index in [2.05, 4.69) is 20.9 Å². The van der Waals surface area contributed by atoms with E-state index < -0.39 is 5.69 Å². The highest BCUT2D eigenvalue weighted by Crippen LogP contribution is 2.18. The molecule has 0 aliphatic rings. The van der Waals surface area contributed by atoms with E-state index in [1.165, 1.54) is 11.6 Å². The number of hydrogen-bond acceptors (Lipinski definition) is 4. The minimum atomic E-state index is -0.404. The molecular formula is C17H19BrN4O3. The van der Waals surface area contributed by atoms with Gasteiger partial charge in [-0.15, -0.1) is 0 Å². The number of rotatable bonds is 5. The molecule has 0 unspecified atom stereocenters. The molecule has 0 amide bonds. The third-order valence-corrected chi connectivity index (χ3v) is 4.71. The minimum Gasteiger partial charge on any atom is -0.396 e. The molecule has 0 radical (unpaired) electrons. The predicted octanol–water partition coefficient (Wildman–Crippen LogP) is 1.17. The zero-order valence-corrected chi connectivity index (χ0v) is 15.7. The van der Waals surface area contributed by atoms with E-state index in [0.717, 1.165) is 14.6 Å². The third kappa shape index (κ3) is 3.19. The van der Waals surface area contributed by atoms with E-state index in [-0.39, 0.29) is 12.2 Å². The molecule has 0 bridgehead atoms. The fraction of sp³-hybridized carbons (Fsp3) is 0.353. The van der Waals surface area contributed by atoms with Gasteiger partial charge in [-0.2, -0.15) is 0 Å². The lowest BCUT2D eigenvalue weighted by Gasteiger charge is -2.10. The molecule has 0 aliphatic carbocycles. The van der Waals surface area contributed by atoms with Crippen molar-refractivity contribution in [2.24, 2.45) is 14.1 Å². The van der Waals surface area contributed by atoms with Crippen molar-refractivity contribution in [3.8, 4) is 0 Å². The lowest BCUT2D eigenvalue weighted by atomic mass is 10.2. The van der Waals surface area contributed by atoms with Crippen LogP contribution in [0.25, 0.3) is 11.2 Å². The molecule has 3 aromatic rings. The van der Waals surface area contributed by atoms with Crippen LogP contribution >= 0.6 is 15.9 Å². The SMILES string of the molecule is Cn1c(=O)c2c(nc(CCCO)n2Cc2cccc(Br)c2)n(C)c1=O. The van der Waals surface area contributed by atoms with Crippen LogP contribution in [0.4, 0.5) is 0 Å². The van der Waals surface area contributed by atoms with E-state index in [1.807, 2.05) is 28.8 Å². The molecule has 3 rings (SSSR count). The van der Waals surface area contributed by atoms with E-state index in [4.69, 9.17) is 5.11 Å². The molecule has 0 saturated heterocycles. The second kappa shape index (κ2) is 6.97. The van der Waals surface area contributed by atoms with Crippen molar-refractivity contribution < 1.29 is 5.11 Å². The zero-order chi connectivity index (χ0) is 18.1. The zero-order valence-electron chi connectivity index (χ0n) is 14.1. The Hall–Kier alpha value is -2.19. The van der Waals surface area contributed by atoms with Crippen LogP contribution in [0.15, 0.2) is 38.3 Å². The van der Waals surface area contributed by atoms with Crippen molar-refractivity contribution in [2.75, 3.05) is 6.61 Å². The van der Waals surface area contributed by atoms with Crippen LogP contribution in [0.2, 0.25) is 0 Å². The number of nitrogens with zero attached hydrogens (tertiary/aromatic N) is 4. The average Bonchev–Trinajstić information content (AvgIpc) is 2.95. The van der Waals surface area contributed by atoms with Crippen LogP contribution < -0.4 is 11.2 Å². The first-order valence-electron chi connectivity index (χ1n) is 7.94. The van der Waals surface area contributed by atoms with Crippen LogP contribution in [0.1, 0.15) is 17.8 Å². The highest BCUT2D eigenvalue weighted by atomic mass is 79.9. The Morgan fingerprint density at radius 2 is 1.96 bits per heavy atom. The summed E-state index contributed by atoms with van der Waals surface area (Å²) >= 11 is 3.45. The summed E-state index contributed by atoms with van der Waals surface area (Å²) in [7, 11) is 3.07. The van der Waals surface area contributed by atoms with Crippen molar-refractivity contribution in [3.63, 3.8) is 0 Å². The number of aliphatic hydroxyl groups is 1. The number of imidazole rings is 1. The first-order valence-corrected chi connectivity index (χ1v) is 8.73. The molecular weight excluding hydrogens is 388 g/mol. The van der Waals surface area contributed by atoms with Crippen molar-refractivity contribution in [1.82, 2.24) is 18.7 Å². The fourth-order valence-corrected chi connectivity index (χ4v) is 3.35. The molecule has 0 spiro atoms. The van der Waals surface area contributed by atoms with Gasteiger partial charge < -0.3 is 9.67 Å². The molecule has 0 saturated carbocycles. The standard InChI is InChI=1S/C17H19BrN4O3/c1-20-15-14(16(24)21(2)17(20)25)22(13(19-15)7-4-8-23)10-11-5-3-6-12(18)9-11/h3,5-6,9,23H,4,7-8,10H2,1-2H3. The highest BCUT2D eigenvalue weighted by Gasteiger charge is 2.19. The van der Waals surface area contributed by atoms with E-state index in [9.17, 15) is 9.59 Å². The Kier molecular flexibility index (Phi) is 4.91. The summed E-state index contributed by atoms with van der Waals surface area (Å²) in [6.45, 7) is 0.501. The molecule has 1 aromatic carbocycles. The van der Waals surface area contributed by atoms with Crippen LogP contribution in [-0.4, -0.2) is 30.4 Å². The van der Waals surface area contributed by atoms with Crippen molar-refractivity contribution in [1.29, 1.82) is 0 Å². The van der Waals surface area contributed by atoms with Gasteiger partial charge in [0.25, 0.3) is 5.56 Å². The molecule has 0 atom stereocenters. The Morgan fingerprint density at radius 1 is 1.20 bits per heavy atom. The molecule has 8 heteroatoms. The quantitative estimate of drug-likeness (QED) is 0.689. The minimum absolute atomic E-state index is 0.0387. The predicted molar refractivity (Wildman–Crippen MR) is 98.9 cm³/mol. The van der Waals surface area contributed by atoms with Crippen molar-refractivity contribution in [2.45, 2.75) is 19.4 Å². The van der Waals surface area contributed by atoms with E-state index in [1.54, 1.807) is 7.05 Å². The van der Waals surface area contributed by atoms with Gasteiger partial charge >= 0.3 is 5.69 Å². The first-order chi connectivity index (χ1) is 11.9. The second-order valence-corrected chi connectivity index (χ2v) is 6.86. The summed E-state index contributed by atoms with van der Waals surface area (Å²) in [4.78, 5) is 29.4. The van der Waals surface area contributed by atoms with E-state index >= 15 is 0 Å². The number of aryl methyl sites for hydroxylation is 2. The highest BCUT2D eigenvalue weighted by molar-refractivity contribution is 9.10. The monoisotopic (exact) mass is 406 g/mol. The van der Waals surface area contributed by atoms with Gasteiger partial charge in [-0.1, -0.05) is 28.1 Å². The maximum atomic E-state index is 12.7. The van der Waals surface area contributed by atoms with Crippen LogP contribution in [-0.2, 0) is 27.1 Å². The number of aliphatic hydroxyl groups excluding tert-OH is 1. The smallest absolute Gasteiger partial charge is 0.332 e. The topological polar surface area (TPSA) is 82.1 Å². The summed E-state index contributed by atoms with van der Waals surface area (Å²) < 4.78 is 5.27. The number of benzene rings is 1. The maximum absolute atomic E-state index is 12.7. The van der Waals surface area contributed by atoms with Crippen LogP contribution in [0.5, 0.6) is 0 Å². The van der Waals surface area contributed by atoms with Gasteiger partial charge in [0.05, 0.1) is 0 Å². The van der Waals surface area contributed by atoms with E-state index in [0.29, 0.717) is 36.4 Å². The maximum Gasteiger partial charge on any atom is 0.332 e. The molecule has 7 nitrogen and oxygen atoms in total. The van der Waals surface area contributed by atoms with Gasteiger partial charge in [-0.25, -0.2) is 9.78 Å². The van der Waals surface area contributed by atoms with Gasteiger partial charge in [0.15, 0.2) is 11.2 Å². The molecule has 2 aromatic heterocycles. The van der Waals surface area contributed by atoms with Crippen LogP contribution in [0, 0.1) is 0 Å². The Balaban J connectivity index is 2.26. The summed E-state index contributed by atoms with van der Waals surface area (Å²) in [6.07, 6.45) is 1.06. The third-order valence-electron chi connectivity index (χ3n) is 4.22. The largest absolute Gasteiger partial charge is 0.396 e. The summed E-state index contributed by atoms with van der Waals surface area (Å²) in [5, 5.41) is 9.15. The number of aromatic nitrogens is 4. The molecule has 1 N–H and O–H groups in total. The van der Waals surface area contributed by atoms with Gasteiger partial charge in [0.2, 0.25) is 0 Å². The lowest BCUT2D eigenvalue weighted by Crippen LogP contribution is -2.37. The Labute approximate surface area is 152 Å². The molecule has 132 valence electrons. The summed E-state index contributed by atoms with van der Waals surface area (Å²) in [6, 6.07) is 7.82. The molecule has 25 heavy (non-hydrogen) atoms. The fourth-order valence-electron chi connectivity index (χ4n) is 2.91. The Morgan fingerprint density at radius 3 is 2.64 bits per heavy atom.